The summed E-state index contributed by atoms with van der Waals surface area (Å²) in [7, 11) is 0. The summed E-state index contributed by atoms with van der Waals surface area (Å²) in [6.07, 6.45) is 4.21. The minimum absolute atomic E-state index is 0.00246. The predicted octanol–water partition coefficient (Wildman–Crippen LogP) is 1.87. The van der Waals surface area contributed by atoms with E-state index < -0.39 is 11.4 Å². The fourth-order valence-electron chi connectivity index (χ4n) is 2.06. The zero-order valence-electron chi connectivity index (χ0n) is 11.6. The van der Waals surface area contributed by atoms with Gasteiger partial charge in [0, 0.05) is 18.2 Å². The molecule has 0 aliphatic carbocycles. The third-order valence-corrected chi connectivity index (χ3v) is 3.70. The molecular formula is C13H21N3O3. The van der Waals surface area contributed by atoms with Crippen molar-refractivity contribution >= 4 is 11.9 Å². The maximum absolute atomic E-state index is 12.0. The van der Waals surface area contributed by atoms with E-state index >= 15 is 0 Å². The molecule has 1 aromatic rings. The van der Waals surface area contributed by atoms with Crippen molar-refractivity contribution in [3.05, 3.63) is 18.0 Å². The third-order valence-electron chi connectivity index (χ3n) is 3.70. The first kappa shape index (κ1) is 15.2. The number of rotatable bonds is 7. The molecular weight excluding hydrogens is 246 g/mol. The molecule has 6 nitrogen and oxygen atoms in total. The van der Waals surface area contributed by atoms with Gasteiger partial charge >= 0.3 is 5.97 Å². The molecule has 1 rings (SSSR count). The van der Waals surface area contributed by atoms with Crippen LogP contribution in [0.3, 0.4) is 0 Å². The molecule has 0 aromatic carbocycles. The highest BCUT2D eigenvalue weighted by molar-refractivity contribution is 5.85. The average Bonchev–Trinajstić information content (AvgIpc) is 2.89. The topological polar surface area (TPSA) is 95.1 Å². The SMILES string of the molecule is CCC(CC)(CC(=O)NC(C)c1cn[nH]c1)C(=O)O. The highest BCUT2D eigenvalue weighted by atomic mass is 16.4. The quantitative estimate of drug-likeness (QED) is 0.702. The van der Waals surface area contributed by atoms with E-state index in [9.17, 15) is 14.7 Å². The summed E-state index contributed by atoms with van der Waals surface area (Å²) >= 11 is 0. The maximum atomic E-state index is 12.0. The average molecular weight is 267 g/mol. The van der Waals surface area contributed by atoms with Crippen LogP contribution in [0.2, 0.25) is 0 Å². The summed E-state index contributed by atoms with van der Waals surface area (Å²) < 4.78 is 0. The number of H-pyrrole nitrogens is 1. The van der Waals surface area contributed by atoms with E-state index in [1.165, 1.54) is 0 Å². The third kappa shape index (κ3) is 3.56. The van der Waals surface area contributed by atoms with Crippen molar-refractivity contribution in [1.29, 1.82) is 0 Å². The van der Waals surface area contributed by atoms with E-state index in [1.807, 2.05) is 6.92 Å². The Balaban J connectivity index is 2.66. The highest BCUT2D eigenvalue weighted by Gasteiger charge is 2.37. The van der Waals surface area contributed by atoms with Gasteiger partial charge in [0.25, 0.3) is 0 Å². The zero-order chi connectivity index (χ0) is 14.5. The first-order chi connectivity index (χ1) is 8.95. The van der Waals surface area contributed by atoms with Gasteiger partial charge in [0.2, 0.25) is 5.91 Å². The Kier molecular flexibility index (Phi) is 5.09. The lowest BCUT2D eigenvalue weighted by Crippen LogP contribution is -2.37. The van der Waals surface area contributed by atoms with E-state index in [0.717, 1.165) is 5.56 Å². The minimum Gasteiger partial charge on any atom is -0.481 e. The lowest BCUT2D eigenvalue weighted by molar-refractivity contribution is -0.152. The normalized spacial score (nSPS) is 13.0. The number of carboxylic acid groups (broad SMARTS) is 1. The lowest BCUT2D eigenvalue weighted by atomic mass is 9.79. The monoisotopic (exact) mass is 267 g/mol. The molecule has 19 heavy (non-hydrogen) atoms. The molecule has 0 saturated carbocycles. The number of carboxylic acids is 1. The number of nitrogens with zero attached hydrogens (tertiary/aromatic N) is 1. The number of carbonyl (C=O) groups is 2. The van der Waals surface area contributed by atoms with Crippen LogP contribution >= 0.6 is 0 Å². The molecule has 1 unspecified atom stereocenters. The Morgan fingerprint density at radius 3 is 2.53 bits per heavy atom. The van der Waals surface area contributed by atoms with Gasteiger partial charge in [0.05, 0.1) is 17.7 Å². The molecule has 1 atom stereocenters. The number of amides is 1. The second-order valence-corrected chi connectivity index (χ2v) is 4.79. The van der Waals surface area contributed by atoms with Crippen LogP contribution in [0.4, 0.5) is 0 Å². The smallest absolute Gasteiger partial charge is 0.310 e. The fourth-order valence-corrected chi connectivity index (χ4v) is 2.06. The number of aromatic amines is 1. The summed E-state index contributed by atoms with van der Waals surface area (Å²) in [6.45, 7) is 5.43. The number of aromatic nitrogens is 2. The van der Waals surface area contributed by atoms with Gasteiger partial charge in [-0.1, -0.05) is 13.8 Å². The summed E-state index contributed by atoms with van der Waals surface area (Å²) in [5, 5.41) is 18.6. The van der Waals surface area contributed by atoms with Crippen LogP contribution in [0.25, 0.3) is 0 Å². The molecule has 0 aliphatic rings. The van der Waals surface area contributed by atoms with Crippen molar-refractivity contribution < 1.29 is 14.7 Å². The molecule has 106 valence electrons. The van der Waals surface area contributed by atoms with Crippen LogP contribution in [0.1, 0.15) is 51.6 Å². The predicted molar refractivity (Wildman–Crippen MR) is 70.4 cm³/mol. The summed E-state index contributed by atoms with van der Waals surface area (Å²) in [5.41, 5.74) is -0.109. The van der Waals surface area contributed by atoms with Gasteiger partial charge in [0.1, 0.15) is 0 Å². The molecule has 0 saturated heterocycles. The van der Waals surface area contributed by atoms with Gasteiger partial charge in [-0.05, 0) is 19.8 Å². The Hall–Kier alpha value is -1.85. The van der Waals surface area contributed by atoms with E-state index in [0.29, 0.717) is 12.8 Å². The van der Waals surface area contributed by atoms with E-state index in [1.54, 1.807) is 26.2 Å². The molecule has 0 aliphatic heterocycles. The number of hydrogen-bond donors (Lipinski definition) is 3. The van der Waals surface area contributed by atoms with Crippen LogP contribution in [0.5, 0.6) is 0 Å². The molecule has 1 amide bonds. The van der Waals surface area contributed by atoms with Gasteiger partial charge in [-0.2, -0.15) is 5.10 Å². The number of carbonyl (C=O) groups excluding carboxylic acids is 1. The second-order valence-electron chi connectivity index (χ2n) is 4.79. The van der Waals surface area contributed by atoms with Crippen LogP contribution in [-0.2, 0) is 9.59 Å². The summed E-state index contributed by atoms with van der Waals surface area (Å²) in [6, 6.07) is -0.188. The largest absolute Gasteiger partial charge is 0.481 e. The molecule has 3 N–H and O–H groups in total. The molecule has 1 aromatic heterocycles. The first-order valence-electron chi connectivity index (χ1n) is 6.46. The van der Waals surface area contributed by atoms with Gasteiger partial charge in [-0.25, -0.2) is 0 Å². The second kappa shape index (κ2) is 6.36. The van der Waals surface area contributed by atoms with Gasteiger partial charge in [-0.15, -0.1) is 0 Å². The highest BCUT2D eigenvalue weighted by Crippen LogP contribution is 2.31. The Morgan fingerprint density at radius 1 is 1.47 bits per heavy atom. The van der Waals surface area contributed by atoms with Gasteiger partial charge < -0.3 is 10.4 Å². The number of aliphatic carboxylic acids is 1. The van der Waals surface area contributed by atoms with Crippen molar-refractivity contribution in [2.45, 2.75) is 46.1 Å². The van der Waals surface area contributed by atoms with Gasteiger partial charge in [0.15, 0.2) is 0 Å². The standard InChI is InChI=1S/C13H21N3O3/c1-4-13(5-2,12(18)19)6-11(17)16-9(3)10-7-14-15-8-10/h7-9H,4-6H2,1-3H3,(H,14,15)(H,16,17)(H,18,19). The minimum atomic E-state index is -0.972. The fraction of sp³-hybridized carbons (Fsp3) is 0.615. The molecule has 0 bridgehead atoms. The van der Waals surface area contributed by atoms with E-state index in [-0.39, 0.29) is 18.4 Å². The van der Waals surface area contributed by atoms with E-state index in [2.05, 4.69) is 15.5 Å². The van der Waals surface area contributed by atoms with Crippen molar-refractivity contribution in [3.8, 4) is 0 Å². The molecule has 6 heteroatoms. The molecule has 0 spiro atoms. The number of nitrogens with one attached hydrogen (secondary N) is 2. The summed E-state index contributed by atoms with van der Waals surface area (Å²) in [4.78, 5) is 23.3. The Labute approximate surface area is 112 Å². The van der Waals surface area contributed by atoms with Crippen molar-refractivity contribution in [1.82, 2.24) is 15.5 Å². The molecule has 0 radical (unpaired) electrons. The van der Waals surface area contributed by atoms with Crippen LogP contribution < -0.4 is 5.32 Å². The number of hydrogen-bond acceptors (Lipinski definition) is 3. The zero-order valence-corrected chi connectivity index (χ0v) is 11.6. The van der Waals surface area contributed by atoms with Gasteiger partial charge in [-0.3, -0.25) is 14.7 Å². The van der Waals surface area contributed by atoms with Crippen LogP contribution in [0.15, 0.2) is 12.4 Å². The van der Waals surface area contributed by atoms with Crippen molar-refractivity contribution in [2.75, 3.05) is 0 Å². The van der Waals surface area contributed by atoms with E-state index in [4.69, 9.17) is 0 Å². The Bertz CT molecular complexity index is 424. The van der Waals surface area contributed by atoms with Crippen LogP contribution in [0, 0.1) is 5.41 Å². The van der Waals surface area contributed by atoms with Crippen LogP contribution in [-0.4, -0.2) is 27.2 Å². The molecule has 0 fully saturated rings. The summed E-state index contributed by atoms with van der Waals surface area (Å²) in [5.74, 6) is -1.16. The molecule has 1 heterocycles. The first-order valence-corrected chi connectivity index (χ1v) is 6.46. The maximum Gasteiger partial charge on any atom is 0.310 e. The van der Waals surface area contributed by atoms with Crippen molar-refractivity contribution in [2.24, 2.45) is 5.41 Å². The van der Waals surface area contributed by atoms with Crippen molar-refractivity contribution in [3.63, 3.8) is 0 Å². The Morgan fingerprint density at radius 2 is 2.11 bits per heavy atom. The lowest BCUT2D eigenvalue weighted by Gasteiger charge is -2.26.